The molecule has 0 aliphatic carbocycles. The molecule has 2 unspecified atom stereocenters. The van der Waals surface area contributed by atoms with Crippen molar-refractivity contribution < 1.29 is 14.6 Å². The van der Waals surface area contributed by atoms with Gasteiger partial charge in [0.1, 0.15) is 0 Å². The Kier molecular flexibility index (Phi) is 5.51. The van der Waals surface area contributed by atoms with Gasteiger partial charge in [-0.1, -0.05) is 6.92 Å². The predicted octanol–water partition coefficient (Wildman–Crippen LogP) is 0.288. The van der Waals surface area contributed by atoms with E-state index in [1.165, 1.54) is 7.11 Å². The molecule has 1 aliphatic heterocycles. The van der Waals surface area contributed by atoms with Crippen molar-refractivity contribution in [1.82, 2.24) is 15.0 Å². The molecule has 2 N–H and O–H groups in total. The van der Waals surface area contributed by atoms with Crippen LogP contribution in [0.3, 0.4) is 0 Å². The van der Waals surface area contributed by atoms with Crippen molar-refractivity contribution in [3.63, 3.8) is 0 Å². The Morgan fingerprint density at radius 1 is 1.43 bits per heavy atom. The van der Waals surface area contributed by atoms with Gasteiger partial charge in [-0.25, -0.2) is 0 Å². The number of morpholine rings is 1. The lowest BCUT2D eigenvalue weighted by atomic mass is 10.2. The van der Waals surface area contributed by atoms with E-state index in [1.807, 2.05) is 11.8 Å². The van der Waals surface area contributed by atoms with Crippen molar-refractivity contribution in [3.05, 3.63) is 0 Å². The summed E-state index contributed by atoms with van der Waals surface area (Å²) >= 11 is 0. The highest BCUT2D eigenvalue weighted by Crippen LogP contribution is 2.21. The lowest BCUT2D eigenvalue weighted by Gasteiger charge is -2.37. The lowest BCUT2D eigenvalue weighted by Crippen LogP contribution is -2.50. The van der Waals surface area contributed by atoms with Crippen LogP contribution >= 0.6 is 0 Å². The lowest BCUT2D eigenvalue weighted by molar-refractivity contribution is -0.0108. The number of hydrogen-bond acceptors (Lipinski definition) is 8. The van der Waals surface area contributed by atoms with E-state index in [4.69, 9.17) is 9.47 Å². The molecule has 0 aromatic carbocycles. The molecule has 1 fully saturated rings. The number of methoxy groups -OCH3 is 1. The van der Waals surface area contributed by atoms with Crippen LogP contribution in [0.25, 0.3) is 0 Å². The Morgan fingerprint density at radius 2 is 2.24 bits per heavy atom. The first kappa shape index (κ1) is 15.7. The molecule has 1 aromatic heterocycles. The molecule has 118 valence electrons. The smallest absolute Gasteiger partial charge is 0.322 e. The van der Waals surface area contributed by atoms with Crippen molar-refractivity contribution in [2.75, 3.05) is 43.6 Å². The van der Waals surface area contributed by atoms with Gasteiger partial charge in [0, 0.05) is 13.1 Å². The Bertz CT molecular complexity index is 459. The van der Waals surface area contributed by atoms with Crippen molar-refractivity contribution in [3.8, 4) is 6.01 Å². The van der Waals surface area contributed by atoms with Crippen LogP contribution in [0.4, 0.5) is 11.9 Å². The molecule has 21 heavy (non-hydrogen) atoms. The number of ether oxygens (including phenoxy) is 2. The minimum Gasteiger partial charge on any atom is -0.467 e. The van der Waals surface area contributed by atoms with Crippen LogP contribution in [0.5, 0.6) is 6.01 Å². The van der Waals surface area contributed by atoms with Gasteiger partial charge in [0.2, 0.25) is 11.9 Å². The first-order valence-electron chi connectivity index (χ1n) is 7.21. The maximum Gasteiger partial charge on any atom is 0.322 e. The third-order valence-electron chi connectivity index (χ3n) is 3.28. The fourth-order valence-electron chi connectivity index (χ4n) is 2.09. The second-order valence-electron chi connectivity index (χ2n) is 5.01. The molecular formula is C13H23N5O3. The highest BCUT2D eigenvalue weighted by Gasteiger charge is 2.28. The molecule has 2 heterocycles. The molecule has 1 saturated heterocycles. The average Bonchev–Trinajstić information content (AvgIpc) is 2.53. The van der Waals surface area contributed by atoms with Gasteiger partial charge < -0.3 is 24.8 Å². The summed E-state index contributed by atoms with van der Waals surface area (Å²) in [5.74, 6) is 1.03. The number of rotatable bonds is 6. The number of aromatic nitrogens is 3. The van der Waals surface area contributed by atoms with E-state index in [1.54, 1.807) is 0 Å². The quantitative estimate of drug-likeness (QED) is 0.774. The minimum atomic E-state index is -0.226. The molecule has 2 rings (SSSR count). The van der Waals surface area contributed by atoms with Gasteiger partial charge in [0.15, 0.2) is 0 Å². The molecular weight excluding hydrogens is 274 g/mol. The molecule has 0 bridgehead atoms. The van der Waals surface area contributed by atoms with Gasteiger partial charge in [-0.15, -0.1) is 0 Å². The number of hydrogen-bond donors (Lipinski definition) is 2. The summed E-state index contributed by atoms with van der Waals surface area (Å²) < 4.78 is 10.7. The van der Waals surface area contributed by atoms with E-state index in [9.17, 15) is 5.11 Å². The average molecular weight is 297 g/mol. The first-order chi connectivity index (χ1) is 10.2. The standard InChI is InChI=1S/C13H23N5O3/c1-4-5-14-11-15-12(17-13(16-11)20-3)18-6-10(7-19)21-8-9(18)2/h9-10,19H,4-8H2,1-3H3,(H,14,15,16,17). The largest absolute Gasteiger partial charge is 0.467 e. The van der Waals surface area contributed by atoms with E-state index in [0.29, 0.717) is 25.0 Å². The van der Waals surface area contributed by atoms with Crippen LogP contribution in [-0.2, 0) is 4.74 Å². The first-order valence-corrected chi connectivity index (χ1v) is 7.21. The maximum absolute atomic E-state index is 9.27. The van der Waals surface area contributed by atoms with Gasteiger partial charge in [-0.3, -0.25) is 0 Å². The zero-order valence-electron chi connectivity index (χ0n) is 12.7. The SMILES string of the molecule is CCCNc1nc(OC)nc(N2CC(CO)OCC2C)n1. The number of nitrogens with one attached hydrogen (secondary N) is 1. The summed E-state index contributed by atoms with van der Waals surface area (Å²) in [5, 5.41) is 12.4. The predicted molar refractivity (Wildman–Crippen MR) is 78.8 cm³/mol. The highest BCUT2D eigenvalue weighted by molar-refractivity contribution is 5.40. The summed E-state index contributed by atoms with van der Waals surface area (Å²) in [5.41, 5.74) is 0. The fourth-order valence-corrected chi connectivity index (χ4v) is 2.09. The van der Waals surface area contributed by atoms with Gasteiger partial charge in [0.25, 0.3) is 0 Å². The normalized spacial score (nSPS) is 22.2. The second kappa shape index (κ2) is 7.37. The molecule has 1 aliphatic rings. The zero-order chi connectivity index (χ0) is 15.2. The summed E-state index contributed by atoms with van der Waals surface area (Å²) in [6, 6.07) is 0.400. The van der Waals surface area contributed by atoms with E-state index in [2.05, 4.69) is 27.2 Å². The number of anilines is 2. The Labute approximate surface area is 124 Å². The van der Waals surface area contributed by atoms with Crippen LogP contribution in [0.15, 0.2) is 0 Å². The number of nitrogens with zero attached hydrogens (tertiary/aromatic N) is 4. The second-order valence-corrected chi connectivity index (χ2v) is 5.01. The van der Waals surface area contributed by atoms with Crippen molar-refractivity contribution in [2.45, 2.75) is 32.4 Å². The Hall–Kier alpha value is -1.67. The Morgan fingerprint density at radius 3 is 2.90 bits per heavy atom. The third kappa shape index (κ3) is 3.92. The molecule has 8 nitrogen and oxygen atoms in total. The van der Waals surface area contributed by atoms with Gasteiger partial charge in [-0.05, 0) is 13.3 Å². The minimum absolute atomic E-state index is 0.0214. The summed E-state index contributed by atoms with van der Waals surface area (Å²) in [6.45, 7) is 5.93. The van der Waals surface area contributed by atoms with E-state index in [-0.39, 0.29) is 24.8 Å². The number of aliphatic hydroxyl groups excluding tert-OH is 1. The molecule has 1 aromatic rings. The van der Waals surface area contributed by atoms with E-state index >= 15 is 0 Å². The number of aliphatic hydroxyl groups is 1. The molecule has 0 saturated carbocycles. The van der Waals surface area contributed by atoms with Crippen LogP contribution in [0.1, 0.15) is 20.3 Å². The highest BCUT2D eigenvalue weighted by atomic mass is 16.5. The van der Waals surface area contributed by atoms with Gasteiger partial charge in [-0.2, -0.15) is 15.0 Å². The van der Waals surface area contributed by atoms with Crippen LogP contribution in [-0.4, -0.2) is 65.6 Å². The van der Waals surface area contributed by atoms with E-state index in [0.717, 1.165) is 13.0 Å². The van der Waals surface area contributed by atoms with Crippen molar-refractivity contribution in [2.24, 2.45) is 0 Å². The van der Waals surface area contributed by atoms with Gasteiger partial charge in [0.05, 0.1) is 32.5 Å². The molecule has 0 spiro atoms. The molecule has 8 heteroatoms. The van der Waals surface area contributed by atoms with Crippen molar-refractivity contribution in [1.29, 1.82) is 0 Å². The summed E-state index contributed by atoms with van der Waals surface area (Å²) in [6.07, 6.45) is 0.750. The van der Waals surface area contributed by atoms with Crippen molar-refractivity contribution >= 4 is 11.9 Å². The third-order valence-corrected chi connectivity index (χ3v) is 3.28. The molecule has 0 amide bonds. The maximum atomic E-state index is 9.27. The van der Waals surface area contributed by atoms with Gasteiger partial charge >= 0.3 is 6.01 Å². The Balaban J connectivity index is 2.23. The summed E-state index contributed by atoms with van der Waals surface area (Å²) in [4.78, 5) is 14.9. The summed E-state index contributed by atoms with van der Waals surface area (Å²) in [7, 11) is 1.53. The molecule has 0 radical (unpaired) electrons. The van der Waals surface area contributed by atoms with Crippen LogP contribution < -0.4 is 15.0 Å². The van der Waals surface area contributed by atoms with E-state index < -0.39 is 0 Å². The topological polar surface area (TPSA) is 92.6 Å². The molecule has 2 atom stereocenters. The van der Waals surface area contributed by atoms with Crippen LogP contribution in [0.2, 0.25) is 0 Å². The zero-order valence-corrected chi connectivity index (χ0v) is 12.7. The monoisotopic (exact) mass is 297 g/mol. The fraction of sp³-hybridized carbons (Fsp3) is 0.769. The van der Waals surface area contributed by atoms with Crippen LogP contribution in [0, 0.1) is 0 Å².